The maximum atomic E-state index is 11.6. The first kappa shape index (κ1) is 21.3. The molecule has 0 atom stereocenters. The second-order valence-electron chi connectivity index (χ2n) is 5.60. The van der Waals surface area contributed by atoms with Gasteiger partial charge in [0, 0.05) is 29.5 Å². The van der Waals surface area contributed by atoms with Crippen molar-refractivity contribution in [1.29, 1.82) is 0 Å². The van der Waals surface area contributed by atoms with Crippen molar-refractivity contribution in [3.05, 3.63) is 29.8 Å². The van der Waals surface area contributed by atoms with Crippen LogP contribution in [0.4, 0.5) is 15.6 Å². The van der Waals surface area contributed by atoms with Crippen LogP contribution in [0.15, 0.2) is 29.4 Å². The van der Waals surface area contributed by atoms with Crippen LogP contribution in [0, 0.1) is 0 Å². The van der Waals surface area contributed by atoms with Gasteiger partial charge in [0.25, 0.3) is 0 Å². The van der Waals surface area contributed by atoms with Crippen LogP contribution in [0.2, 0.25) is 0 Å². The molecule has 0 radical (unpaired) electrons. The smallest absolute Gasteiger partial charge is 0.333 e. The number of benzene rings is 1. The number of carbonyl (C=O) groups excluding carboxylic acids is 1. The molecule has 1 heterocycles. The van der Waals surface area contributed by atoms with Crippen molar-refractivity contribution in [2.45, 2.75) is 30.7 Å². The van der Waals surface area contributed by atoms with E-state index >= 15 is 0 Å². The van der Waals surface area contributed by atoms with Crippen LogP contribution in [0.1, 0.15) is 25.3 Å². The number of rotatable bonds is 10. The summed E-state index contributed by atoms with van der Waals surface area (Å²) in [4.78, 5) is 15.8. The number of aromatic nitrogens is 2. The van der Waals surface area contributed by atoms with Gasteiger partial charge in [0.15, 0.2) is 0 Å². The minimum atomic E-state index is -3.31. The first-order valence-corrected chi connectivity index (χ1v) is 11.8. The Balaban J connectivity index is 1.80. The van der Waals surface area contributed by atoms with E-state index in [0.717, 1.165) is 36.2 Å². The van der Waals surface area contributed by atoms with Gasteiger partial charge >= 0.3 is 6.03 Å². The first-order chi connectivity index (χ1) is 12.9. The maximum absolute atomic E-state index is 11.6. The highest BCUT2D eigenvalue weighted by molar-refractivity contribution is 7.98. The van der Waals surface area contributed by atoms with E-state index in [4.69, 9.17) is 0 Å². The maximum Gasteiger partial charge on any atom is 0.333 e. The molecule has 0 spiro atoms. The largest absolute Gasteiger partial charge is 0.337 e. The molecule has 0 saturated carbocycles. The summed E-state index contributed by atoms with van der Waals surface area (Å²) >= 11 is 2.55. The Labute approximate surface area is 166 Å². The molecule has 0 saturated heterocycles. The first-order valence-electron chi connectivity index (χ1n) is 8.19. The zero-order chi connectivity index (χ0) is 19.7. The standard InChI is InChI=1S/C15H22N6O3S3/c1-3-4-8-16-13(22)18-19-14-17-15(20-26-14)25-10-11-6-5-7-12(9-11)21-27(2,23)24/h5-7,9,21H,3-4,8,10H2,1-2H3,(H2,16,18,22)(H,17,19,20). The zero-order valence-corrected chi connectivity index (χ0v) is 17.4. The molecule has 0 unspecified atom stereocenters. The zero-order valence-electron chi connectivity index (χ0n) is 15.0. The lowest BCUT2D eigenvalue weighted by Gasteiger charge is -2.06. The average Bonchev–Trinajstić information content (AvgIpc) is 3.05. The van der Waals surface area contributed by atoms with E-state index in [9.17, 15) is 13.2 Å². The number of anilines is 2. The summed E-state index contributed by atoms with van der Waals surface area (Å²) in [5.41, 5.74) is 6.68. The Kier molecular flexibility index (Phi) is 8.13. The van der Waals surface area contributed by atoms with Crippen molar-refractivity contribution >= 4 is 50.2 Å². The highest BCUT2D eigenvalue weighted by Gasteiger charge is 2.07. The normalized spacial score (nSPS) is 11.0. The van der Waals surface area contributed by atoms with E-state index < -0.39 is 10.0 Å². The van der Waals surface area contributed by atoms with Crippen molar-refractivity contribution < 1.29 is 13.2 Å². The summed E-state index contributed by atoms with van der Waals surface area (Å²) in [5, 5.41) is 3.77. The number of thioether (sulfide) groups is 1. The molecule has 1 aromatic heterocycles. The fourth-order valence-electron chi connectivity index (χ4n) is 1.94. The molecule has 12 heteroatoms. The molecule has 2 aromatic rings. The molecule has 0 bridgehead atoms. The number of hydrogen-bond donors (Lipinski definition) is 4. The van der Waals surface area contributed by atoms with Gasteiger partial charge in [-0.2, -0.15) is 9.36 Å². The van der Waals surface area contributed by atoms with Gasteiger partial charge in [-0.05, 0) is 24.1 Å². The van der Waals surface area contributed by atoms with Crippen LogP contribution in [0.3, 0.4) is 0 Å². The monoisotopic (exact) mass is 430 g/mol. The van der Waals surface area contributed by atoms with Crippen LogP contribution >= 0.6 is 23.3 Å². The van der Waals surface area contributed by atoms with Crippen LogP contribution in [-0.4, -0.2) is 36.6 Å². The van der Waals surface area contributed by atoms with Gasteiger partial charge in [-0.3, -0.25) is 10.1 Å². The Bertz CT molecular complexity index is 856. The van der Waals surface area contributed by atoms with Crippen molar-refractivity contribution in [1.82, 2.24) is 20.1 Å². The third-order valence-corrected chi connectivity index (χ3v) is 5.38. The van der Waals surface area contributed by atoms with E-state index in [1.54, 1.807) is 18.2 Å². The van der Waals surface area contributed by atoms with Gasteiger partial charge in [0.1, 0.15) is 0 Å². The Morgan fingerprint density at radius 1 is 1.33 bits per heavy atom. The molecule has 2 rings (SSSR count). The molecule has 27 heavy (non-hydrogen) atoms. The van der Waals surface area contributed by atoms with Crippen molar-refractivity contribution in [2.24, 2.45) is 0 Å². The van der Waals surface area contributed by atoms with Crippen molar-refractivity contribution in [3.8, 4) is 0 Å². The number of amides is 2. The van der Waals surface area contributed by atoms with E-state index in [1.165, 1.54) is 11.8 Å². The molecule has 0 aliphatic carbocycles. The molecule has 2 amide bonds. The fraction of sp³-hybridized carbons (Fsp3) is 0.400. The van der Waals surface area contributed by atoms with Gasteiger partial charge < -0.3 is 5.32 Å². The number of carbonyl (C=O) groups is 1. The van der Waals surface area contributed by atoms with Gasteiger partial charge in [0.2, 0.25) is 20.3 Å². The number of hydrogen-bond acceptors (Lipinski definition) is 8. The number of urea groups is 1. The molecule has 148 valence electrons. The Morgan fingerprint density at radius 3 is 2.89 bits per heavy atom. The van der Waals surface area contributed by atoms with Gasteiger partial charge in [0.05, 0.1) is 6.26 Å². The van der Waals surface area contributed by atoms with Crippen LogP contribution in [0.25, 0.3) is 0 Å². The minimum absolute atomic E-state index is 0.317. The highest BCUT2D eigenvalue weighted by atomic mass is 32.2. The molecule has 0 aliphatic heterocycles. The third kappa shape index (κ3) is 8.45. The van der Waals surface area contributed by atoms with Crippen LogP contribution in [0.5, 0.6) is 0 Å². The Hall–Kier alpha value is -2.05. The topological polar surface area (TPSA) is 125 Å². The SMILES string of the molecule is CCCCNC(=O)NNc1nc(SCc2cccc(NS(C)(=O)=O)c2)ns1. The van der Waals surface area contributed by atoms with Gasteiger partial charge in [-0.15, -0.1) is 0 Å². The number of nitrogens with zero attached hydrogens (tertiary/aromatic N) is 2. The predicted octanol–water partition coefficient (Wildman–Crippen LogP) is 2.63. The Morgan fingerprint density at radius 2 is 2.15 bits per heavy atom. The van der Waals surface area contributed by atoms with Crippen molar-refractivity contribution in [2.75, 3.05) is 22.9 Å². The van der Waals surface area contributed by atoms with E-state index in [-0.39, 0.29) is 6.03 Å². The lowest BCUT2D eigenvalue weighted by Crippen LogP contribution is -2.39. The molecule has 1 aromatic carbocycles. The predicted molar refractivity (Wildman–Crippen MR) is 109 cm³/mol. The summed E-state index contributed by atoms with van der Waals surface area (Å²) in [6, 6.07) is 6.82. The number of unbranched alkanes of at least 4 members (excludes halogenated alkanes) is 1. The third-order valence-electron chi connectivity index (χ3n) is 3.10. The quantitative estimate of drug-likeness (QED) is 0.259. The van der Waals surface area contributed by atoms with Gasteiger partial charge in [-0.1, -0.05) is 37.2 Å². The van der Waals surface area contributed by atoms with Crippen LogP contribution < -0.4 is 20.9 Å². The second kappa shape index (κ2) is 10.3. The minimum Gasteiger partial charge on any atom is -0.337 e. The summed E-state index contributed by atoms with van der Waals surface area (Å²) in [6.45, 7) is 2.67. The number of nitrogens with one attached hydrogen (secondary N) is 4. The average molecular weight is 431 g/mol. The van der Waals surface area contributed by atoms with E-state index in [1.807, 2.05) is 6.07 Å². The molecule has 0 aliphatic rings. The summed E-state index contributed by atoms with van der Waals surface area (Å²) in [6.07, 6.45) is 3.05. The number of sulfonamides is 1. The summed E-state index contributed by atoms with van der Waals surface area (Å²) in [7, 11) is -3.31. The second-order valence-corrected chi connectivity index (χ2v) is 9.05. The lowest BCUT2D eigenvalue weighted by molar-refractivity contribution is 0.242. The molecular weight excluding hydrogens is 408 g/mol. The summed E-state index contributed by atoms with van der Waals surface area (Å²) in [5.74, 6) is 0.584. The van der Waals surface area contributed by atoms with Crippen molar-refractivity contribution in [3.63, 3.8) is 0 Å². The fourth-order valence-corrected chi connectivity index (χ4v) is 3.94. The molecular formula is C15H22N6O3S3. The molecule has 4 N–H and O–H groups in total. The molecule has 0 fully saturated rings. The van der Waals surface area contributed by atoms with Gasteiger partial charge in [-0.25, -0.2) is 18.6 Å². The van der Waals surface area contributed by atoms with E-state index in [2.05, 4.69) is 37.2 Å². The number of hydrazine groups is 1. The lowest BCUT2D eigenvalue weighted by atomic mass is 10.2. The van der Waals surface area contributed by atoms with E-state index in [0.29, 0.717) is 28.3 Å². The van der Waals surface area contributed by atoms with Crippen LogP contribution in [-0.2, 0) is 15.8 Å². The highest BCUT2D eigenvalue weighted by Crippen LogP contribution is 2.24. The summed E-state index contributed by atoms with van der Waals surface area (Å²) < 4.78 is 29.3. The molecule has 9 nitrogen and oxygen atoms in total.